The number of nitrogens with zero attached hydrogens (tertiary/aromatic N) is 2. The Morgan fingerprint density at radius 1 is 1.29 bits per heavy atom. The van der Waals surface area contributed by atoms with E-state index in [4.69, 9.17) is 4.74 Å². The van der Waals surface area contributed by atoms with Crippen molar-refractivity contribution < 1.29 is 4.74 Å². The van der Waals surface area contributed by atoms with Crippen molar-refractivity contribution in [2.24, 2.45) is 0 Å². The second kappa shape index (κ2) is 9.19. The van der Waals surface area contributed by atoms with Crippen molar-refractivity contribution in [1.82, 2.24) is 14.9 Å². The molecule has 1 aromatic rings. The van der Waals surface area contributed by atoms with Crippen molar-refractivity contribution in [1.29, 1.82) is 0 Å². The van der Waals surface area contributed by atoms with Gasteiger partial charge in [-0.15, -0.1) is 0 Å². The first-order valence-electron chi connectivity index (χ1n) is 6.67. The highest BCUT2D eigenvalue weighted by Gasteiger charge is 2.00. The molecule has 1 N–H and O–H groups in total. The van der Waals surface area contributed by atoms with Crippen LogP contribution in [0.1, 0.15) is 38.9 Å². The molecule has 0 saturated heterocycles. The Labute approximate surface area is 104 Å². The molecule has 17 heavy (non-hydrogen) atoms. The number of hydrogen-bond donors (Lipinski definition) is 1. The predicted octanol–water partition coefficient (Wildman–Crippen LogP) is 2.20. The van der Waals surface area contributed by atoms with E-state index in [1.807, 2.05) is 12.4 Å². The summed E-state index contributed by atoms with van der Waals surface area (Å²) in [6.45, 7) is 8.93. The standard InChI is InChI=1S/C13H25N3O/c1-3-8-16-9-7-15-13(16)12-14-6-5-11-17-10-4-2/h7,9,14H,3-6,8,10-12H2,1-2H3. The van der Waals surface area contributed by atoms with Crippen LogP contribution in [0.25, 0.3) is 0 Å². The molecule has 0 bridgehead atoms. The van der Waals surface area contributed by atoms with Gasteiger partial charge in [0, 0.05) is 32.2 Å². The fraction of sp³-hybridized carbons (Fsp3) is 0.769. The molecule has 0 fully saturated rings. The molecule has 1 aromatic heterocycles. The van der Waals surface area contributed by atoms with Gasteiger partial charge in [0.15, 0.2) is 0 Å². The Morgan fingerprint density at radius 3 is 2.94 bits per heavy atom. The SMILES string of the molecule is CCCOCCCNCc1nccn1CCC. The third-order valence-electron chi connectivity index (χ3n) is 2.54. The minimum atomic E-state index is 0.848. The lowest BCUT2D eigenvalue weighted by Crippen LogP contribution is -2.19. The van der Waals surface area contributed by atoms with Gasteiger partial charge in [0.1, 0.15) is 5.82 Å². The van der Waals surface area contributed by atoms with E-state index in [9.17, 15) is 0 Å². The van der Waals surface area contributed by atoms with Crippen molar-refractivity contribution >= 4 is 0 Å². The fourth-order valence-electron chi connectivity index (χ4n) is 1.70. The van der Waals surface area contributed by atoms with Crippen LogP contribution in [0.3, 0.4) is 0 Å². The van der Waals surface area contributed by atoms with E-state index in [2.05, 4.69) is 28.7 Å². The quantitative estimate of drug-likeness (QED) is 0.636. The summed E-state index contributed by atoms with van der Waals surface area (Å²) in [4.78, 5) is 4.35. The molecular weight excluding hydrogens is 214 g/mol. The highest BCUT2D eigenvalue weighted by molar-refractivity contribution is 4.91. The molecule has 0 aliphatic rings. The van der Waals surface area contributed by atoms with Gasteiger partial charge in [0.05, 0.1) is 6.54 Å². The summed E-state index contributed by atoms with van der Waals surface area (Å²) in [6, 6.07) is 0. The molecule has 98 valence electrons. The number of hydrogen-bond acceptors (Lipinski definition) is 3. The van der Waals surface area contributed by atoms with E-state index in [0.29, 0.717) is 0 Å². The second-order valence-corrected chi connectivity index (χ2v) is 4.18. The average molecular weight is 239 g/mol. The summed E-state index contributed by atoms with van der Waals surface area (Å²) in [5.41, 5.74) is 0. The zero-order valence-electron chi connectivity index (χ0n) is 11.1. The maximum atomic E-state index is 5.42. The highest BCUT2D eigenvalue weighted by Crippen LogP contribution is 1.98. The Morgan fingerprint density at radius 2 is 2.18 bits per heavy atom. The van der Waals surface area contributed by atoms with Crippen LogP contribution in [0.5, 0.6) is 0 Å². The van der Waals surface area contributed by atoms with Gasteiger partial charge in [-0.25, -0.2) is 4.98 Å². The van der Waals surface area contributed by atoms with Crippen LogP contribution in [0.4, 0.5) is 0 Å². The minimum Gasteiger partial charge on any atom is -0.381 e. The molecule has 0 atom stereocenters. The fourth-order valence-corrected chi connectivity index (χ4v) is 1.70. The number of imidazole rings is 1. The largest absolute Gasteiger partial charge is 0.381 e. The van der Waals surface area contributed by atoms with Gasteiger partial charge in [-0.3, -0.25) is 0 Å². The molecule has 1 rings (SSSR count). The molecule has 4 heteroatoms. The molecule has 0 aliphatic carbocycles. The van der Waals surface area contributed by atoms with Crippen LogP contribution >= 0.6 is 0 Å². The Hall–Kier alpha value is -0.870. The van der Waals surface area contributed by atoms with E-state index in [1.54, 1.807) is 0 Å². The second-order valence-electron chi connectivity index (χ2n) is 4.18. The van der Waals surface area contributed by atoms with Crippen molar-refractivity contribution in [3.05, 3.63) is 18.2 Å². The van der Waals surface area contributed by atoms with E-state index in [-0.39, 0.29) is 0 Å². The maximum absolute atomic E-state index is 5.42. The van der Waals surface area contributed by atoms with Crippen LogP contribution in [-0.2, 0) is 17.8 Å². The first kappa shape index (κ1) is 14.2. The van der Waals surface area contributed by atoms with Crippen LogP contribution in [0, 0.1) is 0 Å². The normalized spacial score (nSPS) is 10.9. The van der Waals surface area contributed by atoms with Crippen molar-refractivity contribution in [2.45, 2.75) is 46.2 Å². The monoisotopic (exact) mass is 239 g/mol. The lowest BCUT2D eigenvalue weighted by Gasteiger charge is -2.07. The number of aryl methyl sites for hydroxylation is 1. The molecule has 0 unspecified atom stereocenters. The van der Waals surface area contributed by atoms with E-state index < -0.39 is 0 Å². The van der Waals surface area contributed by atoms with Crippen LogP contribution in [0.2, 0.25) is 0 Å². The molecule has 0 amide bonds. The summed E-state index contributed by atoms with van der Waals surface area (Å²) >= 11 is 0. The van der Waals surface area contributed by atoms with Crippen molar-refractivity contribution in [3.8, 4) is 0 Å². The Bertz CT molecular complexity index is 286. The van der Waals surface area contributed by atoms with Gasteiger partial charge >= 0.3 is 0 Å². The highest BCUT2D eigenvalue weighted by atomic mass is 16.5. The number of rotatable bonds is 10. The van der Waals surface area contributed by atoms with Gasteiger partial charge in [0.25, 0.3) is 0 Å². The Kier molecular flexibility index (Phi) is 7.67. The van der Waals surface area contributed by atoms with Crippen LogP contribution in [0.15, 0.2) is 12.4 Å². The third-order valence-corrected chi connectivity index (χ3v) is 2.54. The van der Waals surface area contributed by atoms with Crippen LogP contribution < -0.4 is 5.32 Å². The molecule has 0 saturated carbocycles. The van der Waals surface area contributed by atoms with Gasteiger partial charge in [-0.05, 0) is 25.8 Å². The maximum Gasteiger partial charge on any atom is 0.122 e. The van der Waals surface area contributed by atoms with Crippen molar-refractivity contribution in [3.63, 3.8) is 0 Å². The average Bonchev–Trinajstić information content (AvgIpc) is 2.76. The van der Waals surface area contributed by atoms with E-state index >= 15 is 0 Å². The van der Waals surface area contributed by atoms with Gasteiger partial charge in [-0.1, -0.05) is 13.8 Å². The molecule has 0 aliphatic heterocycles. The molecule has 0 aromatic carbocycles. The summed E-state index contributed by atoms with van der Waals surface area (Å²) in [6.07, 6.45) is 7.23. The molecule has 0 spiro atoms. The smallest absolute Gasteiger partial charge is 0.122 e. The van der Waals surface area contributed by atoms with Crippen molar-refractivity contribution in [2.75, 3.05) is 19.8 Å². The third kappa shape index (κ3) is 5.84. The molecule has 4 nitrogen and oxygen atoms in total. The zero-order valence-corrected chi connectivity index (χ0v) is 11.1. The van der Waals surface area contributed by atoms with Gasteiger partial charge in [-0.2, -0.15) is 0 Å². The lowest BCUT2D eigenvalue weighted by molar-refractivity contribution is 0.132. The van der Waals surface area contributed by atoms with Crippen LogP contribution in [-0.4, -0.2) is 29.3 Å². The first-order valence-corrected chi connectivity index (χ1v) is 6.67. The summed E-state index contributed by atoms with van der Waals surface area (Å²) in [5.74, 6) is 1.13. The number of nitrogens with one attached hydrogen (secondary N) is 1. The Balaban J connectivity index is 2.07. The number of ether oxygens (including phenoxy) is 1. The van der Waals surface area contributed by atoms with Gasteiger partial charge < -0.3 is 14.6 Å². The summed E-state index contributed by atoms with van der Waals surface area (Å²) in [7, 11) is 0. The van der Waals surface area contributed by atoms with E-state index in [1.165, 1.54) is 0 Å². The lowest BCUT2D eigenvalue weighted by atomic mass is 10.4. The van der Waals surface area contributed by atoms with E-state index in [0.717, 1.165) is 57.9 Å². The molecule has 0 radical (unpaired) electrons. The zero-order chi connectivity index (χ0) is 12.3. The minimum absolute atomic E-state index is 0.848. The summed E-state index contributed by atoms with van der Waals surface area (Å²) < 4.78 is 7.63. The first-order chi connectivity index (χ1) is 8.38. The molecular formula is C13H25N3O. The van der Waals surface area contributed by atoms with Gasteiger partial charge in [0.2, 0.25) is 0 Å². The summed E-state index contributed by atoms with van der Waals surface area (Å²) in [5, 5.41) is 3.40. The topological polar surface area (TPSA) is 39.1 Å². The predicted molar refractivity (Wildman–Crippen MR) is 70.0 cm³/mol. The molecule has 1 heterocycles. The number of aromatic nitrogens is 2.